The molecule has 0 radical (unpaired) electrons. The van der Waals surface area contributed by atoms with Crippen LogP contribution < -0.4 is 4.90 Å². The fraction of sp³-hybridized carbons (Fsp3) is 0.571. The fourth-order valence-electron chi connectivity index (χ4n) is 2.72. The highest BCUT2D eigenvalue weighted by Crippen LogP contribution is 2.43. The van der Waals surface area contributed by atoms with Crippen molar-refractivity contribution >= 4 is 5.69 Å². The normalized spacial score (nSPS) is 23.7. The summed E-state index contributed by atoms with van der Waals surface area (Å²) in [6.07, 6.45) is 4.09. The maximum atomic E-state index is 2.63. The molecule has 0 atom stereocenters. The van der Waals surface area contributed by atoms with E-state index in [9.17, 15) is 0 Å². The highest BCUT2D eigenvalue weighted by Gasteiger charge is 2.37. The Bertz CT molecular complexity index is 377. The van der Waals surface area contributed by atoms with E-state index in [0.29, 0.717) is 5.41 Å². The van der Waals surface area contributed by atoms with Crippen molar-refractivity contribution in [2.45, 2.75) is 44.6 Å². The molecule has 0 unspecified atom stereocenters. The SMILES string of the molecule is CC1(C)CCN(C2CC2)c2ccccc21. The summed E-state index contributed by atoms with van der Waals surface area (Å²) >= 11 is 0. The molecule has 1 aliphatic heterocycles. The molecule has 0 N–H and O–H groups in total. The minimum absolute atomic E-state index is 0.363. The topological polar surface area (TPSA) is 3.24 Å². The van der Waals surface area contributed by atoms with Crippen molar-refractivity contribution in [2.75, 3.05) is 11.4 Å². The van der Waals surface area contributed by atoms with Crippen molar-refractivity contribution in [2.24, 2.45) is 0 Å². The molecule has 1 heteroatoms. The Morgan fingerprint density at radius 2 is 1.93 bits per heavy atom. The maximum absolute atomic E-state index is 2.63. The predicted octanol–water partition coefficient (Wildman–Crippen LogP) is 3.34. The van der Waals surface area contributed by atoms with Gasteiger partial charge in [0.15, 0.2) is 0 Å². The average Bonchev–Trinajstić information content (AvgIpc) is 3.02. The summed E-state index contributed by atoms with van der Waals surface area (Å²) in [6, 6.07) is 9.81. The standard InChI is InChI=1S/C14H19N/c1-14(2)9-10-15(11-7-8-11)13-6-4-3-5-12(13)14/h3-6,11H,7-10H2,1-2H3. The van der Waals surface area contributed by atoms with Crippen LogP contribution in [0.15, 0.2) is 24.3 Å². The molecular formula is C14H19N. The molecule has 0 spiro atoms. The number of rotatable bonds is 1. The third-order valence-electron chi connectivity index (χ3n) is 3.91. The Labute approximate surface area is 92.1 Å². The van der Waals surface area contributed by atoms with Crippen molar-refractivity contribution in [1.82, 2.24) is 0 Å². The lowest BCUT2D eigenvalue weighted by Gasteiger charge is -2.40. The Morgan fingerprint density at radius 3 is 2.67 bits per heavy atom. The molecule has 1 fully saturated rings. The van der Waals surface area contributed by atoms with Crippen molar-refractivity contribution in [1.29, 1.82) is 0 Å². The summed E-state index contributed by atoms with van der Waals surface area (Å²) in [5.74, 6) is 0. The quantitative estimate of drug-likeness (QED) is 0.673. The lowest BCUT2D eigenvalue weighted by molar-refractivity contribution is 0.452. The molecule has 0 amide bonds. The molecular weight excluding hydrogens is 182 g/mol. The summed E-state index contributed by atoms with van der Waals surface area (Å²) in [5.41, 5.74) is 3.40. The number of hydrogen-bond donors (Lipinski definition) is 0. The van der Waals surface area contributed by atoms with Crippen molar-refractivity contribution in [3.8, 4) is 0 Å². The van der Waals surface area contributed by atoms with Crippen LogP contribution in [-0.2, 0) is 5.41 Å². The van der Waals surface area contributed by atoms with Crippen LogP contribution in [0.5, 0.6) is 0 Å². The number of benzene rings is 1. The summed E-state index contributed by atoms with van der Waals surface area (Å²) < 4.78 is 0. The second-order valence-corrected chi connectivity index (χ2v) is 5.58. The third kappa shape index (κ3) is 1.45. The molecule has 15 heavy (non-hydrogen) atoms. The van der Waals surface area contributed by atoms with Gasteiger partial charge in [0.05, 0.1) is 0 Å². The Balaban J connectivity index is 2.07. The Kier molecular flexibility index (Phi) is 1.86. The van der Waals surface area contributed by atoms with Gasteiger partial charge in [-0.05, 0) is 36.3 Å². The van der Waals surface area contributed by atoms with E-state index in [0.717, 1.165) is 6.04 Å². The minimum Gasteiger partial charge on any atom is -0.368 e. The zero-order chi connectivity index (χ0) is 10.5. The van der Waals surface area contributed by atoms with E-state index in [1.54, 1.807) is 5.56 Å². The smallest absolute Gasteiger partial charge is 0.0406 e. The van der Waals surface area contributed by atoms with Crippen LogP contribution in [0.3, 0.4) is 0 Å². The van der Waals surface area contributed by atoms with E-state index in [1.807, 2.05) is 0 Å². The van der Waals surface area contributed by atoms with Crippen molar-refractivity contribution in [3.63, 3.8) is 0 Å². The van der Waals surface area contributed by atoms with Gasteiger partial charge >= 0.3 is 0 Å². The molecule has 1 aliphatic carbocycles. The van der Waals surface area contributed by atoms with E-state index < -0.39 is 0 Å². The van der Waals surface area contributed by atoms with Crippen LogP contribution in [0.4, 0.5) is 5.69 Å². The highest BCUT2D eigenvalue weighted by molar-refractivity contribution is 5.60. The van der Waals surface area contributed by atoms with Crippen LogP contribution in [0.2, 0.25) is 0 Å². The summed E-state index contributed by atoms with van der Waals surface area (Å²) in [6.45, 7) is 5.99. The van der Waals surface area contributed by atoms with Crippen LogP contribution in [0.25, 0.3) is 0 Å². The zero-order valence-corrected chi connectivity index (χ0v) is 9.66. The molecule has 0 bridgehead atoms. The lowest BCUT2D eigenvalue weighted by atomic mass is 9.77. The van der Waals surface area contributed by atoms with Crippen molar-refractivity contribution in [3.05, 3.63) is 29.8 Å². The van der Waals surface area contributed by atoms with Gasteiger partial charge < -0.3 is 4.90 Å². The monoisotopic (exact) mass is 201 g/mol. The van der Waals surface area contributed by atoms with E-state index >= 15 is 0 Å². The first-order chi connectivity index (χ1) is 7.18. The first kappa shape index (κ1) is 9.26. The maximum Gasteiger partial charge on any atom is 0.0406 e. The minimum atomic E-state index is 0.363. The number of nitrogens with zero attached hydrogens (tertiary/aromatic N) is 1. The zero-order valence-electron chi connectivity index (χ0n) is 9.66. The molecule has 80 valence electrons. The van der Waals surface area contributed by atoms with Crippen molar-refractivity contribution < 1.29 is 0 Å². The number of para-hydroxylation sites is 1. The summed E-state index contributed by atoms with van der Waals surface area (Å²) in [5, 5.41) is 0. The van der Waals surface area contributed by atoms with Gasteiger partial charge in [-0.1, -0.05) is 32.0 Å². The summed E-state index contributed by atoms with van der Waals surface area (Å²) in [7, 11) is 0. The molecule has 2 aliphatic rings. The molecule has 0 saturated heterocycles. The van der Waals surface area contributed by atoms with E-state index in [1.165, 1.54) is 31.5 Å². The molecule has 1 nitrogen and oxygen atoms in total. The Hall–Kier alpha value is -0.980. The van der Waals surface area contributed by atoms with Crippen LogP contribution in [0, 0.1) is 0 Å². The molecule has 0 aromatic heterocycles. The van der Waals surface area contributed by atoms with E-state index in [-0.39, 0.29) is 0 Å². The van der Waals surface area contributed by atoms with Gasteiger partial charge in [-0.2, -0.15) is 0 Å². The van der Waals surface area contributed by atoms with Gasteiger partial charge in [-0.3, -0.25) is 0 Å². The summed E-state index contributed by atoms with van der Waals surface area (Å²) in [4.78, 5) is 2.63. The van der Waals surface area contributed by atoms with E-state index in [2.05, 4.69) is 43.0 Å². The Morgan fingerprint density at radius 1 is 1.20 bits per heavy atom. The lowest BCUT2D eigenvalue weighted by Crippen LogP contribution is -2.38. The largest absolute Gasteiger partial charge is 0.368 e. The van der Waals surface area contributed by atoms with Gasteiger partial charge in [-0.25, -0.2) is 0 Å². The number of fused-ring (bicyclic) bond motifs is 1. The molecule has 1 aromatic rings. The fourth-order valence-corrected chi connectivity index (χ4v) is 2.72. The van der Waals surface area contributed by atoms with Gasteiger partial charge in [0.1, 0.15) is 0 Å². The second kappa shape index (κ2) is 3.01. The first-order valence-electron chi connectivity index (χ1n) is 6.05. The molecule has 1 aromatic carbocycles. The third-order valence-corrected chi connectivity index (χ3v) is 3.91. The van der Waals surface area contributed by atoms with Crippen LogP contribution in [-0.4, -0.2) is 12.6 Å². The average molecular weight is 201 g/mol. The number of hydrogen-bond acceptors (Lipinski definition) is 1. The first-order valence-corrected chi connectivity index (χ1v) is 6.05. The highest BCUT2D eigenvalue weighted by atomic mass is 15.2. The molecule has 1 heterocycles. The number of anilines is 1. The van der Waals surface area contributed by atoms with Crippen LogP contribution in [0.1, 0.15) is 38.7 Å². The second-order valence-electron chi connectivity index (χ2n) is 5.58. The van der Waals surface area contributed by atoms with Gasteiger partial charge in [0.2, 0.25) is 0 Å². The molecule has 1 saturated carbocycles. The van der Waals surface area contributed by atoms with Gasteiger partial charge in [0.25, 0.3) is 0 Å². The van der Waals surface area contributed by atoms with Crippen LogP contribution >= 0.6 is 0 Å². The molecule has 3 rings (SSSR count). The van der Waals surface area contributed by atoms with Gasteiger partial charge in [0, 0.05) is 18.3 Å². The van der Waals surface area contributed by atoms with E-state index in [4.69, 9.17) is 0 Å². The predicted molar refractivity (Wildman–Crippen MR) is 64.5 cm³/mol. The van der Waals surface area contributed by atoms with Gasteiger partial charge in [-0.15, -0.1) is 0 Å².